The van der Waals surface area contributed by atoms with E-state index in [4.69, 9.17) is 5.11 Å². The van der Waals surface area contributed by atoms with Crippen molar-refractivity contribution in [1.29, 1.82) is 0 Å². The maximum absolute atomic E-state index is 10.6. The van der Waals surface area contributed by atoms with Crippen molar-refractivity contribution in [3.63, 3.8) is 0 Å². The largest absolute Gasteiger partial charge is 0.481 e. The van der Waals surface area contributed by atoms with Gasteiger partial charge in [-0.1, -0.05) is 6.42 Å². The molecule has 0 amide bonds. The lowest BCUT2D eigenvalue weighted by Gasteiger charge is -2.32. The normalized spacial score (nSPS) is 18.2. The quantitative estimate of drug-likeness (QED) is 0.836. The summed E-state index contributed by atoms with van der Waals surface area (Å²) in [6.07, 6.45) is 3.94. The number of carbonyl (C=O) groups is 1. The van der Waals surface area contributed by atoms with E-state index in [0.29, 0.717) is 11.7 Å². The number of hydrogen-bond donors (Lipinski definition) is 2. The molecular formula is C13H21N3O2S. The van der Waals surface area contributed by atoms with Crippen molar-refractivity contribution in [2.45, 2.75) is 38.6 Å². The molecule has 106 valence electrons. The van der Waals surface area contributed by atoms with Crippen LogP contribution in [0, 0.1) is 0 Å². The van der Waals surface area contributed by atoms with Gasteiger partial charge in [-0.15, -0.1) is 11.3 Å². The molecule has 1 aliphatic heterocycles. The predicted molar refractivity (Wildman–Crippen MR) is 76.8 cm³/mol. The van der Waals surface area contributed by atoms with Crippen LogP contribution >= 0.6 is 11.3 Å². The van der Waals surface area contributed by atoms with Gasteiger partial charge in [0.2, 0.25) is 0 Å². The number of carboxylic acids is 1. The summed E-state index contributed by atoms with van der Waals surface area (Å²) in [5, 5.41) is 14.6. The monoisotopic (exact) mass is 283 g/mol. The summed E-state index contributed by atoms with van der Waals surface area (Å²) in [7, 11) is 0. The zero-order valence-corrected chi connectivity index (χ0v) is 12.1. The van der Waals surface area contributed by atoms with E-state index >= 15 is 0 Å². The van der Waals surface area contributed by atoms with Crippen LogP contribution in [0.1, 0.15) is 31.9 Å². The lowest BCUT2D eigenvalue weighted by Crippen LogP contribution is -2.41. The predicted octanol–water partition coefficient (Wildman–Crippen LogP) is 2.06. The molecule has 1 aromatic heterocycles. The Labute approximate surface area is 117 Å². The van der Waals surface area contributed by atoms with Crippen molar-refractivity contribution in [2.75, 3.05) is 25.0 Å². The van der Waals surface area contributed by atoms with Gasteiger partial charge in [0.1, 0.15) is 0 Å². The van der Waals surface area contributed by atoms with E-state index in [1.165, 1.54) is 43.7 Å². The fourth-order valence-corrected chi connectivity index (χ4v) is 3.07. The van der Waals surface area contributed by atoms with Gasteiger partial charge in [0.05, 0.1) is 12.1 Å². The second-order valence-electron chi connectivity index (χ2n) is 5.04. The molecule has 2 rings (SSSR count). The van der Waals surface area contributed by atoms with Crippen LogP contribution in [-0.4, -0.2) is 46.6 Å². The summed E-state index contributed by atoms with van der Waals surface area (Å²) in [5.41, 5.74) is 0.630. The third-order valence-corrected chi connectivity index (χ3v) is 4.30. The van der Waals surface area contributed by atoms with Crippen molar-refractivity contribution in [1.82, 2.24) is 9.88 Å². The molecule has 6 heteroatoms. The molecule has 1 aromatic rings. The Morgan fingerprint density at radius 1 is 1.53 bits per heavy atom. The highest BCUT2D eigenvalue weighted by atomic mass is 32.1. The van der Waals surface area contributed by atoms with Crippen molar-refractivity contribution in [3.05, 3.63) is 11.1 Å². The minimum absolute atomic E-state index is 0.000140. The molecule has 2 heterocycles. The van der Waals surface area contributed by atoms with Gasteiger partial charge in [-0.25, -0.2) is 4.98 Å². The number of aliphatic carboxylic acids is 1. The lowest BCUT2D eigenvalue weighted by molar-refractivity contribution is -0.136. The average Bonchev–Trinajstić information content (AvgIpc) is 2.84. The standard InChI is InChI=1S/C13H21N3O2S/c1-10(16-5-3-2-4-6-16)8-14-13-15-11(9-19-13)7-12(17)18/h9-10H,2-8H2,1H3,(H,14,15)(H,17,18). The summed E-state index contributed by atoms with van der Waals surface area (Å²) < 4.78 is 0. The number of thiazole rings is 1. The second kappa shape index (κ2) is 6.86. The second-order valence-corrected chi connectivity index (χ2v) is 5.90. The molecule has 1 unspecified atom stereocenters. The molecule has 19 heavy (non-hydrogen) atoms. The number of aromatic nitrogens is 1. The number of hydrogen-bond acceptors (Lipinski definition) is 5. The third-order valence-electron chi connectivity index (χ3n) is 3.45. The average molecular weight is 283 g/mol. The highest BCUT2D eigenvalue weighted by Crippen LogP contribution is 2.17. The molecule has 0 spiro atoms. The highest BCUT2D eigenvalue weighted by Gasteiger charge is 2.16. The molecule has 0 bridgehead atoms. The van der Waals surface area contributed by atoms with Crippen LogP contribution in [0.4, 0.5) is 5.13 Å². The van der Waals surface area contributed by atoms with Gasteiger partial charge in [-0.3, -0.25) is 9.69 Å². The summed E-state index contributed by atoms with van der Waals surface area (Å²) >= 11 is 1.48. The number of rotatable bonds is 6. The first kappa shape index (κ1) is 14.3. The molecule has 0 saturated carbocycles. The lowest BCUT2D eigenvalue weighted by atomic mass is 10.1. The Balaban J connectivity index is 1.77. The molecule has 1 atom stereocenters. The molecule has 5 nitrogen and oxygen atoms in total. The Hall–Kier alpha value is -1.14. The number of likely N-dealkylation sites (tertiary alicyclic amines) is 1. The smallest absolute Gasteiger partial charge is 0.309 e. The van der Waals surface area contributed by atoms with Gasteiger partial charge in [0.25, 0.3) is 0 Å². The third kappa shape index (κ3) is 4.47. The first-order valence-corrected chi connectivity index (χ1v) is 7.67. The highest BCUT2D eigenvalue weighted by molar-refractivity contribution is 7.13. The van der Waals surface area contributed by atoms with Crippen molar-refractivity contribution in [2.24, 2.45) is 0 Å². The molecule has 1 saturated heterocycles. The maximum atomic E-state index is 10.6. The van der Waals surface area contributed by atoms with Gasteiger partial charge in [0, 0.05) is 18.0 Å². The Bertz CT molecular complexity index is 416. The summed E-state index contributed by atoms with van der Waals surface area (Å²) in [6.45, 7) is 5.46. The van der Waals surface area contributed by atoms with Crippen molar-refractivity contribution in [3.8, 4) is 0 Å². The topological polar surface area (TPSA) is 65.5 Å². The van der Waals surface area contributed by atoms with Gasteiger partial charge in [-0.05, 0) is 32.9 Å². The van der Waals surface area contributed by atoms with Crippen LogP contribution in [0.2, 0.25) is 0 Å². The Morgan fingerprint density at radius 3 is 2.95 bits per heavy atom. The van der Waals surface area contributed by atoms with Crippen LogP contribution in [0.25, 0.3) is 0 Å². The number of piperidine rings is 1. The van der Waals surface area contributed by atoms with Gasteiger partial charge < -0.3 is 10.4 Å². The van der Waals surface area contributed by atoms with E-state index in [9.17, 15) is 4.79 Å². The van der Waals surface area contributed by atoms with Crippen LogP contribution in [0.15, 0.2) is 5.38 Å². The van der Waals surface area contributed by atoms with E-state index in [1.807, 2.05) is 5.38 Å². The summed E-state index contributed by atoms with van der Waals surface area (Å²) in [6, 6.07) is 0.493. The SMILES string of the molecule is CC(CNc1nc(CC(=O)O)cs1)N1CCCCC1. The summed E-state index contributed by atoms with van der Waals surface area (Å²) in [4.78, 5) is 17.4. The van der Waals surface area contributed by atoms with E-state index in [-0.39, 0.29) is 6.42 Å². The van der Waals surface area contributed by atoms with Gasteiger partial charge >= 0.3 is 5.97 Å². The number of anilines is 1. The molecule has 1 fully saturated rings. The van der Waals surface area contributed by atoms with Gasteiger partial charge in [-0.2, -0.15) is 0 Å². The molecule has 2 N–H and O–H groups in total. The minimum Gasteiger partial charge on any atom is -0.481 e. The first-order valence-electron chi connectivity index (χ1n) is 6.79. The number of nitrogens with zero attached hydrogens (tertiary/aromatic N) is 2. The fourth-order valence-electron chi connectivity index (χ4n) is 2.35. The number of nitrogens with one attached hydrogen (secondary N) is 1. The van der Waals surface area contributed by atoms with Crippen LogP contribution in [0.3, 0.4) is 0 Å². The number of carboxylic acid groups (broad SMARTS) is 1. The molecular weight excluding hydrogens is 262 g/mol. The Morgan fingerprint density at radius 2 is 2.26 bits per heavy atom. The Kier molecular flexibility index (Phi) is 5.15. The molecule has 0 aromatic carbocycles. The van der Waals surface area contributed by atoms with E-state index in [2.05, 4.69) is 22.1 Å². The van der Waals surface area contributed by atoms with Crippen molar-refractivity contribution < 1.29 is 9.90 Å². The maximum Gasteiger partial charge on any atom is 0.309 e. The van der Waals surface area contributed by atoms with E-state index in [0.717, 1.165) is 11.7 Å². The van der Waals surface area contributed by atoms with Crippen molar-refractivity contribution >= 4 is 22.4 Å². The van der Waals surface area contributed by atoms with E-state index in [1.54, 1.807) is 0 Å². The van der Waals surface area contributed by atoms with Crippen LogP contribution < -0.4 is 5.32 Å². The fraction of sp³-hybridized carbons (Fsp3) is 0.692. The first-order chi connectivity index (χ1) is 9.15. The van der Waals surface area contributed by atoms with Crippen LogP contribution in [0.5, 0.6) is 0 Å². The minimum atomic E-state index is -0.835. The summed E-state index contributed by atoms with van der Waals surface area (Å²) in [5.74, 6) is -0.835. The zero-order chi connectivity index (χ0) is 13.7. The van der Waals surface area contributed by atoms with Crippen LogP contribution in [-0.2, 0) is 11.2 Å². The van der Waals surface area contributed by atoms with Gasteiger partial charge in [0.15, 0.2) is 5.13 Å². The molecule has 0 aliphatic carbocycles. The molecule has 1 aliphatic rings. The molecule has 0 radical (unpaired) electrons. The zero-order valence-electron chi connectivity index (χ0n) is 11.3. The van der Waals surface area contributed by atoms with E-state index < -0.39 is 5.97 Å².